The van der Waals surface area contributed by atoms with Gasteiger partial charge in [-0.1, -0.05) is 0 Å². The summed E-state index contributed by atoms with van der Waals surface area (Å²) in [6, 6.07) is 3.26. The topological polar surface area (TPSA) is 89.6 Å². The summed E-state index contributed by atoms with van der Waals surface area (Å²) in [7, 11) is 0. The Hall–Kier alpha value is -2.11. The van der Waals surface area contributed by atoms with Crippen molar-refractivity contribution in [3.05, 3.63) is 29.6 Å². The van der Waals surface area contributed by atoms with E-state index in [9.17, 15) is 14.0 Å². The van der Waals surface area contributed by atoms with Crippen LogP contribution in [0, 0.1) is 5.82 Å². The van der Waals surface area contributed by atoms with Crippen molar-refractivity contribution < 1.29 is 23.8 Å². The molecule has 86 valence electrons. The molecule has 1 aromatic carbocycles. The van der Waals surface area contributed by atoms with E-state index in [2.05, 4.69) is 0 Å². The number of ether oxygens (including phenoxy) is 1. The number of carbonyl (C=O) groups is 2. The predicted octanol–water partition coefficient (Wildman–Crippen LogP) is 0.778. The average Bonchev–Trinajstić information content (AvgIpc) is 2.19. The number of carbonyl (C=O) groups excluding carboxylic acids is 1. The van der Waals surface area contributed by atoms with Crippen LogP contribution in [0.15, 0.2) is 18.2 Å². The Labute approximate surface area is 90.6 Å². The maximum atomic E-state index is 13.2. The molecule has 3 N–H and O–H groups in total. The van der Waals surface area contributed by atoms with Gasteiger partial charge in [0.25, 0.3) is 0 Å². The molecular weight excluding hydrogens is 217 g/mol. The van der Waals surface area contributed by atoms with E-state index >= 15 is 0 Å². The quantitative estimate of drug-likeness (QED) is 0.777. The van der Waals surface area contributed by atoms with Crippen LogP contribution in [0.4, 0.5) is 4.39 Å². The predicted molar refractivity (Wildman–Crippen MR) is 52.7 cm³/mol. The Bertz CT molecular complexity index is 419. The van der Waals surface area contributed by atoms with E-state index in [-0.39, 0.29) is 24.3 Å². The van der Waals surface area contributed by atoms with Crippen LogP contribution in [0.25, 0.3) is 0 Å². The Kier molecular flexibility index (Phi) is 3.82. The summed E-state index contributed by atoms with van der Waals surface area (Å²) in [6.45, 7) is -0.0430. The van der Waals surface area contributed by atoms with Gasteiger partial charge in [-0.3, -0.25) is 4.79 Å². The first-order valence-electron chi connectivity index (χ1n) is 4.44. The van der Waals surface area contributed by atoms with Crippen molar-refractivity contribution in [1.29, 1.82) is 0 Å². The van der Waals surface area contributed by atoms with Crippen molar-refractivity contribution in [2.24, 2.45) is 5.73 Å². The van der Waals surface area contributed by atoms with Crippen LogP contribution in [0.2, 0.25) is 0 Å². The van der Waals surface area contributed by atoms with Crippen LogP contribution in [0.3, 0.4) is 0 Å². The average molecular weight is 227 g/mol. The molecule has 1 aromatic rings. The molecule has 0 fully saturated rings. The van der Waals surface area contributed by atoms with Gasteiger partial charge in [-0.2, -0.15) is 0 Å². The lowest BCUT2D eigenvalue weighted by molar-refractivity contribution is -0.118. The number of carboxylic acids is 1. The van der Waals surface area contributed by atoms with Gasteiger partial charge in [0.2, 0.25) is 5.91 Å². The number of halogens is 1. The fourth-order valence-corrected chi connectivity index (χ4v) is 1.01. The normalized spacial score (nSPS) is 9.81. The molecule has 0 radical (unpaired) electrons. The van der Waals surface area contributed by atoms with Gasteiger partial charge in [0, 0.05) is 0 Å². The number of nitrogens with two attached hydrogens (primary N) is 1. The highest BCUT2D eigenvalue weighted by atomic mass is 19.1. The number of aromatic carboxylic acids is 1. The van der Waals surface area contributed by atoms with Crippen molar-refractivity contribution in [3.8, 4) is 5.75 Å². The number of carboxylic acid groups (broad SMARTS) is 1. The van der Waals surface area contributed by atoms with E-state index in [1.165, 1.54) is 12.1 Å². The molecule has 0 saturated heterocycles. The minimum absolute atomic E-state index is 0.0277. The van der Waals surface area contributed by atoms with Gasteiger partial charge < -0.3 is 15.6 Å². The maximum Gasteiger partial charge on any atom is 0.335 e. The van der Waals surface area contributed by atoms with Gasteiger partial charge in [-0.25, -0.2) is 9.18 Å². The van der Waals surface area contributed by atoms with E-state index in [0.717, 1.165) is 6.07 Å². The van der Waals surface area contributed by atoms with E-state index in [1.807, 2.05) is 0 Å². The van der Waals surface area contributed by atoms with Gasteiger partial charge in [0.15, 0.2) is 11.6 Å². The van der Waals surface area contributed by atoms with Gasteiger partial charge in [-0.15, -0.1) is 0 Å². The molecule has 0 aliphatic rings. The summed E-state index contributed by atoms with van der Waals surface area (Å²) in [5.74, 6) is -2.67. The van der Waals surface area contributed by atoms with Crippen LogP contribution in [0.1, 0.15) is 16.8 Å². The largest absolute Gasteiger partial charge is 0.490 e. The zero-order valence-corrected chi connectivity index (χ0v) is 8.27. The minimum Gasteiger partial charge on any atom is -0.490 e. The van der Waals surface area contributed by atoms with Crippen LogP contribution >= 0.6 is 0 Å². The number of rotatable bonds is 5. The van der Waals surface area contributed by atoms with Crippen LogP contribution in [0.5, 0.6) is 5.75 Å². The first kappa shape index (κ1) is 12.0. The number of amides is 1. The Morgan fingerprint density at radius 3 is 2.62 bits per heavy atom. The third-order valence-electron chi connectivity index (χ3n) is 1.78. The third-order valence-corrected chi connectivity index (χ3v) is 1.78. The Balaban J connectivity index is 2.68. The van der Waals surface area contributed by atoms with Crippen molar-refractivity contribution in [3.63, 3.8) is 0 Å². The summed E-state index contributed by atoms with van der Waals surface area (Å²) in [5.41, 5.74) is 4.70. The van der Waals surface area contributed by atoms with Crippen molar-refractivity contribution >= 4 is 11.9 Å². The molecule has 5 nitrogen and oxygen atoms in total. The van der Waals surface area contributed by atoms with E-state index in [4.69, 9.17) is 15.6 Å². The Morgan fingerprint density at radius 2 is 2.12 bits per heavy atom. The highest BCUT2D eigenvalue weighted by molar-refractivity contribution is 5.87. The molecule has 0 atom stereocenters. The molecule has 6 heteroatoms. The molecule has 0 unspecified atom stereocenters. The standard InChI is InChI=1S/C10H10FNO4/c11-7-5-6(10(14)15)1-2-8(7)16-4-3-9(12)13/h1-2,5H,3-4H2,(H2,12,13)(H,14,15). The first-order valence-corrected chi connectivity index (χ1v) is 4.44. The van der Waals surface area contributed by atoms with Gasteiger partial charge >= 0.3 is 5.97 Å². The monoisotopic (exact) mass is 227 g/mol. The second kappa shape index (κ2) is 5.11. The molecular formula is C10H10FNO4. The van der Waals surface area contributed by atoms with E-state index < -0.39 is 17.7 Å². The van der Waals surface area contributed by atoms with Crippen LogP contribution in [-0.2, 0) is 4.79 Å². The number of benzene rings is 1. The van der Waals surface area contributed by atoms with Crippen molar-refractivity contribution in [1.82, 2.24) is 0 Å². The fraction of sp³-hybridized carbons (Fsp3) is 0.200. The lowest BCUT2D eigenvalue weighted by Crippen LogP contribution is -2.15. The minimum atomic E-state index is -1.22. The highest BCUT2D eigenvalue weighted by Gasteiger charge is 2.09. The second-order valence-corrected chi connectivity index (χ2v) is 3.02. The zero-order chi connectivity index (χ0) is 12.1. The lowest BCUT2D eigenvalue weighted by Gasteiger charge is -2.06. The summed E-state index contributed by atoms with van der Waals surface area (Å²) in [5, 5.41) is 8.58. The second-order valence-electron chi connectivity index (χ2n) is 3.02. The SMILES string of the molecule is NC(=O)CCOc1ccc(C(=O)O)cc1F. The van der Waals surface area contributed by atoms with E-state index in [0.29, 0.717) is 0 Å². The Morgan fingerprint density at radius 1 is 1.44 bits per heavy atom. The first-order chi connectivity index (χ1) is 7.50. The smallest absolute Gasteiger partial charge is 0.335 e. The molecule has 0 spiro atoms. The molecule has 0 heterocycles. The van der Waals surface area contributed by atoms with Gasteiger partial charge in [0.1, 0.15) is 0 Å². The fourth-order valence-electron chi connectivity index (χ4n) is 1.01. The molecule has 0 aliphatic heterocycles. The van der Waals surface area contributed by atoms with Crippen LogP contribution < -0.4 is 10.5 Å². The summed E-state index contributed by atoms with van der Waals surface area (Å²) in [4.78, 5) is 20.9. The zero-order valence-electron chi connectivity index (χ0n) is 8.27. The molecule has 0 saturated carbocycles. The van der Waals surface area contributed by atoms with Gasteiger partial charge in [0.05, 0.1) is 18.6 Å². The summed E-state index contributed by atoms with van der Waals surface area (Å²) < 4.78 is 18.1. The maximum absolute atomic E-state index is 13.2. The molecule has 0 aromatic heterocycles. The lowest BCUT2D eigenvalue weighted by atomic mass is 10.2. The van der Waals surface area contributed by atoms with E-state index in [1.54, 1.807) is 0 Å². The number of primary amides is 1. The molecule has 0 aliphatic carbocycles. The molecule has 1 amide bonds. The molecule has 1 rings (SSSR count). The third kappa shape index (κ3) is 3.23. The molecule has 16 heavy (non-hydrogen) atoms. The van der Waals surface area contributed by atoms with Gasteiger partial charge in [-0.05, 0) is 18.2 Å². The van der Waals surface area contributed by atoms with Crippen LogP contribution in [-0.4, -0.2) is 23.6 Å². The highest BCUT2D eigenvalue weighted by Crippen LogP contribution is 2.18. The number of hydrogen-bond acceptors (Lipinski definition) is 3. The number of hydrogen-bond donors (Lipinski definition) is 2. The summed E-state index contributed by atoms with van der Waals surface area (Å²) >= 11 is 0. The van der Waals surface area contributed by atoms with Crippen molar-refractivity contribution in [2.45, 2.75) is 6.42 Å². The van der Waals surface area contributed by atoms with Crippen molar-refractivity contribution in [2.75, 3.05) is 6.61 Å². The summed E-state index contributed by atoms with van der Waals surface area (Å²) in [6.07, 6.45) is -0.0277. The molecule has 0 bridgehead atoms.